The van der Waals surface area contributed by atoms with Gasteiger partial charge in [0.05, 0.1) is 35.4 Å². The number of pyridine rings is 2. The van der Waals surface area contributed by atoms with E-state index >= 15 is 0 Å². The number of aliphatic imine (C=N–C) groups is 1. The Morgan fingerprint density at radius 3 is 2.42 bits per heavy atom. The van der Waals surface area contributed by atoms with Crippen LogP contribution in [0.15, 0.2) is 58.3 Å². The molecule has 2 aromatic carbocycles. The van der Waals surface area contributed by atoms with Crippen molar-refractivity contribution in [3.8, 4) is 17.1 Å². The van der Waals surface area contributed by atoms with Crippen LogP contribution in [0.4, 0.5) is 5.69 Å². The van der Waals surface area contributed by atoms with Gasteiger partial charge in [-0.25, -0.2) is 9.78 Å². The number of nitrogens with zero attached hydrogens (tertiary/aromatic N) is 4. The van der Waals surface area contributed by atoms with Crippen molar-refractivity contribution in [1.82, 2.24) is 25.1 Å². The molecule has 6 rings (SSSR count). The van der Waals surface area contributed by atoms with Crippen LogP contribution in [0.2, 0.25) is 0 Å². The van der Waals surface area contributed by atoms with Gasteiger partial charge in [0, 0.05) is 47.3 Å². The summed E-state index contributed by atoms with van der Waals surface area (Å²) in [5.41, 5.74) is 13.9. The van der Waals surface area contributed by atoms with Crippen LogP contribution < -0.4 is 37.7 Å². The molecule has 0 unspecified atom stereocenters. The van der Waals surface area contributed by atoms with Gasteiger partial charge in [-0.2, -0.15) is 0 Å². The van der Waals surface area contributed by atoms with Crippen LogP contribution in [-0.2, 0) is 60.6 Å². The SMILES string of the molecule is CC[C@@]1(O)C(=O)OCc2c1cc1n(c2=O)Cc2cc3c(CN(C)C)c(OCc4ccc(NC(=O)[C@H](CCCN=C(N)N)NC(=O)[C@@H](NC(=O)CCC(=O)O)C(C)C)cc4)ccc3nc2-1. The third-order valence-electron chi connectivity index (χ3n) is 11.3. The molecule has 0 saturated carbocycles. The second-order valence-electron chi connectivity index (χ2n) is 16.6. The van der Waals surface area contributed by atoms with Gasteiger partial charge < -0.3 is 56.6 Å². The molecule has 0 spiro atoms. The number of aromatic nitrogens is 2. The highest BCUT2D eigenvalue weighted by Crippen LogP contribution is 2.40. The minimum Gasteiger partial charge on any atom is -0.489 e. The molecule has 19 heteroatoms. The monoisotopic (exact) mass is 881 g/mol. The van der Waals surface area contributed by atoms with E-state index in [2.05, 4.69) is 20.9 Å². The summed E-state index contributed by atoms with van der Waals surface area (Å²) in [4.78, 5) is 87.7. The number of carboxylic acid groups (broad SMARTS) is 1. The lowest BCUT2D eigenvalue weighted by Crippen LogP contribution is -2.54. The van der Waals surface area contributed by atoms with Crippen LogP contribution in [0.25, 0.3) is 22.3 Å². The van der Waals surface area contributed by atoms with E-state index in [4.69, 9.17) is 31.0 Å². The van der Waals surface area contributed by atoms with E-state index in [1.54, 1.807) is 55.7 Å². The predicted octanol–water partition coefficient (Wildman–Crippen LogP) is 2.20. The topological polar surface area (TPSA) is 283 Å². The van der Waals surface area contributed by atoms with Crippen LogP contribution in [-0.4, -0.2) is 93.0 Å². The van der Waals surface area contributed by atoms with Gasteiger partial charge in [-0.15, -0.1) is 0 Å². The molecular formula is C45H55N9O10. The van der Waals surface area contributed by atoms with Crippen LogP contribution in [0.1, 0.15) is 80.7 Å². The molecule has 3 amide bonds. The number of carbonyl (C=O) groups excluding carboxylic acids is 4. The molecule has 3 atom stereocenters. The van der Waals surface area contributed by atoms with Crippen molar-refractivity contribution in [2.75, 3.05) is 26.0 Å². The van der Waals surface area contributed by atoms with E-state index in [1.165, 1.54) is 0 Å². The minimum absolute atomic E-state index is 0.0483. The van der Waals surface area contributed by atoms with Gasteiger partial charge in [0.2, 0.25) is 17.7 Å². The number of ether oxygens (including phenoxy) is 2. The molecule has 4 heterocycles. The Balaban J connectivity index is 1.17. The molecule has 0 bridgehead atoms. The molecule has 64 heavy (non-hydrogen) atoms. The zero-order chi connectivity index (χ0) is 46.5. The fourth-order valence-corrected chi connectivity index (χ4v) is 7.82. The van der Waals surface area contributed by atoms with E-state index in [1.807, 2.05) is 37.2 Å². The lowest BCUT2D eigenvalue weighted by atomic mass is 9.86. The number of carbonyl (C=O) groups is 5. The van der Waals surface area contributed by atoms with E-state index in [-0.39, 0.29) is 74.1 Å². The molecule has 19 nitrogen and oxygen atoms in total. The predicted molar refractivity (Wildman–Crippen MR) is 237 cm³/mol. The quantitative estimate of drug-likeness (QED) is 0.0271. The average molecular weight is 882 g/mol. The number of cyclic esters (lactones) is 1. The third-order valence-corrected chi connectivity index (χ3v) is 11.3. The number of hydrogen-bond donors (Lipinski definition) is 7. The number of amides is 3. The van der Waals surface area contributed by atoms with E-state index in [9.17, 15) is 33.9 Å². The second-order valence-corrected chi connectivity index (χ2v) is 16.6. The molecule has 0 radical (unpaired) electrons. The lowest BCUT2D eigenvalue weighted by molar-refractivity contribution is -0.172. The molecule has 9 N–H and O–H groups in total. The first-order valence-corrected chi connectivity index (χ1v) is 21.1. The Bertz CT molecular complexity index is 2550. The van der Waals surface area contributed by atoms with Crippen LogP contribution in [0.5, 0.6) is 5.75 Å². The van der Waals surface area contributed by atoms with Gasteiger partial charge in [0.15, 0.2) is 11.6 Å². The Labute approximate surface area is 369 Å². The van der Waals surface area contributed by atoms with E-state index in [0.29, 0.717) is 41.3 Å². The first-order valence-electron chi connectivity index (χ1n) is 21.1. The van der Waals surface area contributed by atoms with Gasteiger partial charge in [-0.1, -0.05) is 32.9 Å². The van der Waals surface area contributed by atoms with E-state index < -0.39 is 53.8 Å². The summed E-state index contributed by atoms with van der Waals surface area (Å²) in [6, 6.07) is 12.4. The molecule has 4 aromatic rings. The fraction of sp³-hybridized carbons (Fsp3) is 0.422. The number of guanidine groups is 1. The highest BCUT2D eigenvalue weighted by atomic mass is 16.6. The van der Waals surface area contributed by atoms with Crippen molar-refractivity contribution in [3.63, 3.8) is 0 Å². The fourth-order valence-electron chi connectivity index (χ4n) is 7.82. The van der Waals surface area contributed by atoms with Gasteiger partial charge in [0.25, 0.3) is 5.56 Å². The maximum absolute atomic E-state index is 13.7. The smallest absolute Gasteiger partial charge is 0.343 e. The molecule has 2 aliphatic heterocycles. The van der Waals surface area contributed by atoms with E-state index in [0.717, 1.165) is 22.1 Å². The minimum atomic E-state index is -1.92. The number of aliphatic hydroxyl groups is 1. The van der Waals surface area contributed by atoms with Crippen LogP contribution in [0, 0.1) is 5.92 Å². The Hall–Kier alpha value is -6.86. The molecule has 340 valence electrons. The van der Waals surface area contributed by atoms with Crippen molar-refractivity contribution in [2.45, 2.75) is 96.9 Å². The maximum Gasteiger partial charge on any atom is 0.343 e. The Morgan fingerprint density at radius 1 is 1.03 bits per heavy atom. The van der Waals surface area contributed by atoms with Crippen molar-refractivity contribution >= 4 is 52.2 Å². The summed E-state index contributed by atoms with van der Waals surface area (Å²) in [5.74, 6) is -3.48. The highest BCUT2D eigenvalue weighted by molar-refractivity contribution is 5.98. The molecule has 0 aliphatic carbocycles. The molecular weight excluding hydrogens is 827 g/mol. The van der Waals surface area contributed by atoms with Crippen molar-refractivity contribution in [2.24, 2.45) is 22.4 Å². The number of nitrogens with two attached hydrogens (primary N) is 2. The summed E-state index contributed by atoms with van der Waals surface area (Å²) < 4.78 is 13.2. The summed E-state index contributed by atoms with van der Waals surface area (Å²) in [7, 11) is 3.89. The standard InChI is InChI=1S/C45H55N9O10/c1-6-45(62)31-19-34-39-26(20-54(34)42(60)30(31)23-64-43(45)61)18-28-29(21-53(4)5)35(14-13-32(28)50-39)63-22-25-9-11-27(12-10-25)49-40(58)33(8-7-17-48-44(46)47)51-41(59)38(24(2)3)52-36(55)15-16-37(56)57/h9-14,18-19,24,33,38,62H,6-8,15-17,20-23H2,1-5H3,(H,49,58)(H,51,59)(H,52,55)(H,56,57)(H4,46,47,48)/t33-,38-,45-/m0/s1. The number of esters is 1. The molecule has 0 saturated heterocycles. The number of aliphatic carboxylic acids is 1. The Kier molecular flexibility index (Phi) is 14.3. The van der Waals surface area contributed by atoms with Crippen LogP contribution in [0.3, 0.4) is 0 Å². The number of benzene rings is 2. The number of anilines is 1. The largest absolute Gasteiger partial charge is 0.489 e. The number of carboxylic acids is 1. The molecule has 2 aliphatic rings. The zero-order valence-electron chi connectivity index (χ0n) is 36.5. The number of hydrogen-bond acceptors (Lipinski definition) is 12. The zero-order valence-corrected chi connectivity index (χ0v) is 36.5. The normalized spacial score (nSPS) is 16.0. The highest BCUT2D eigenvalue weighted by Gasteiger charge is 2.45. The summed E-state index contributed by atoms with van der Waals surface area (Å²) >= 11 is 0. The summed E-state index contributed by atoms with van der Waals surface area (Å²) in [6.07, 6.45) is -0.117. The first kappa shape index (κ1) is 46.6. The lowest BCUT2D eigenvalue weighted by Gasteiger charge is -2.31. The number of nitrogens with one attached hydrogen (secondary N) is 3. The van der Waals surface area contributed by atoms with Crippen LogP contribution >= 0.6 is 0 Å². The average Bonchev–Trinajstić information content (AvgIpc) is 3.61. The molecule has 0 fully saturated rings. The number of rotatable bonds is 19. The summed E-state index contributed by atoms with van der Waals surface area (Å²) in [5, 5.41) is 29.2. The van der Waals surface area contributed by atoms with Gasteiger partial charge in [-0.05, 0) is 81.2 Å². The Morgan fingerprint density at radius 2 is 1.77 bits per heavy atom. The van der Waals surface area contributed by atoms with Gasteiger partial charge >= 0.3 is 11.9 Å². The summed E-state index contributed by atoms with van der Waals surface area (Å²) in [6.45, 7) is 6.06. The maximum atomic E-state index is 13.7. The third kappa shape index (κ3) is 10.3. The molecule has 2 aromatic heterocycles. The van der Waals surface area contributed by atoms with Crippen molar-refractivity contribution in [1.29, 1.82) is 0 Å². The first-order chi connectivity index (χ1) is 30.4. The number of fused-ring (bicyclic) bond motifs is 5. The van der Waals surface area contributed by atoms with Crippen molar-refractivity contribution in [3.05, 3.63) is 86.7 Å². The van der Waals surface area contributed by atoms with Gasteiger partial charge in [0.1, 0.15) is 31.0 Å². The van der Waals surface area contributed by atoms with Crippen molar-refractivity contribution < 1.29 is 43.7 Å². The second kappa shape index (κ2) is 19.7. The van der Waals surface area contributed by atoms with Gasteiger partial charge in [-0.3, -0.25) is 29.0 Å².